The zero-order chi connectivity index (χ0) is 29.9. The number of hydrogen-bond donors (Lipinski definition) is 3. The molecule has 4 aliphatic rings. The van der Waals surface area contributed by atoms with Gasteiger partial charge in [-0.05, 0) is 97.2 Å². The van der Waals surface area contributed by atoms with Crippen molar-refractivity contribution in [1.29, 1.82) is 0 Å². The molecule has 3 atom stereocenters. The van der Waals surface area contributed by atoms with E-state index in [0.717, 1.165) is 29.3 Å². The van der Waals surface area contributed by atoms with E-state index in [2.05, 4.69) is 16.4 Å². The molecule has 0 radical (unpaired) electrons. The minimum atomic E-state index is -4.21. The van der Waals surface area contributed by atoms with Crippen LogP contribution in [0.2, 0.25) is 0 Å². The van der Waals surface area contributed by atoms with Gasteiger partial charge in [-0.3, -0.25) is 23.9 Å². The molecule has 3 aromatic rings. The molecule has 3 N–H and O–H groups in total. The summed E-state index contributed by atoms with van der Waals surface area (Å²) in [5, 5.41) is 3.67. The summed E-state index contributed by atoms with van der Waals surface area (Å²) >= 11 is 1.28. The SMILES string of the molecule is O=C(N[C@H]1CCC[C@H]2CC[C@@H](C(=O)N3CC(c4cnccc4C4CC4)C3)N2C1=O)c1cc2cc(CP(=O)(O)O)ccc2s1. The Morgan fingerprint density at radius 1 is 1.00 bits per heavy atom. The highest BCUT2D eigenvalue weighted by molar-refractivity contribution is 7.50. The predicted octanol–water partition coefficient (Wildman–Crippen LogP) is 4.12. The number of thiophene rings is 1. The lowest BCUT2D eigenvalue weighted by Crippen LogP contribution is -2.58. The predicted molar refractivity (Wildman–Crippen MR) is 162 cm³/mol. The van der Waals surface area contributed by atoms with Gasteiger partial charge in [-0.1, -0.05) is 6.07 Å². The maximum atomic E-state index is 13.9. The number of aromatic nitrogens is 1. The smallest absolute Gasteiger partial charge is 0.329 e. The Morgan fingerprint density at radius 2 is 1.81 bits per heavy atom. The lowest BCUT2D eigenvalue weighted by molar-refractivity contribution is -0.148. The van der Waals surface area contributed by atoms with E-state index in [4.69, 9.17) is 0 Å². The molecule has 2 aromatic heterocycles. The Hall–Kier alpha value is -3.11. The van der Waals surface area contributed by atoms with Crippen molar-refractivity contribution in [2.45, 2.75) is 81.1 Å². The fraction of sp³-hybridized carbons (Fsp3) is 0.484. The quantitative estimate of drug-likeness (QED) is 0.337. The Kier molecular flexibility index (Phi) is 7.40. The van der Waals surface area contributed by atoms with Crippen LogP contribution in [-0.4, -0.2) is 73.5 Å². The van der Waals surface area contributed by atoms with E-state index in [9.17, 15) is 28.7 Å². The van der Waals surface area contributed by atoms with Crippen LogP contribution in [-0.2, 0) is 20.3 Å². The highest BCUT2D eigenvalue weighted by Gasteiger charge is 2.48. The summed E-state index contributed by atoms with van der Waals surface area (Å²) in [4.78, 5) is 67.9. The summed E-state index contributed by atoms with van der Waals surface area (Å²) in [5.74, 6) is 0.373. The van der Waals surface area contributed by atoms with Crippen molar-refractivity contribution in [3.05, 3.63) is 64.3 Å². The van der Waals surface area contributed by atoms with Crippen LogP contribution in [0, 0.1) is 0 Å². The van der Waals surface area contributed by atoms with Gasteiger partial charge in [0, 0.05) is 42.1 Å². The molecule has 3 aliphatic heterocycles. The van der Waals surface area contributed by atoms with E-state index in [1.54, 1.807) is 29.2 Å². The number of nitrogens with one attached hydrogen (secondary N) is 1. The van der Waals surface area contributed by atoms with Gasteiger partial charge >= 0.3 is 7.60 Å². The largest absolute Gasteiger partial charge is 0.340 e. The molecule has 4 fully saturated rings. The maximum Gasteiger partial charge on any atom is 0.329 e. The molecule has 0 bridgehead atoms. The summed E-state index contributed by atoms with van der Waals surface area (Å²) in [7, 11) is -4.21. The zero-order valence-corrected chi connectivity index (χ0v) is 25.4. The monoisotopic (exact) mass is 622 g/mol. The van der Waals surface area contributed by atoms with E-state index in [1.165, 1.54) is 35.3 Å². The van der Waals surface area contributed by atoms with E-state index in [1.807, 2.05) is 17.3 Å². The van der Waals surface area contributed by atoms with Crippen LogP contribution < -0.4 is 5.32 Å². The van der Waals surface area contributed by atoms with Crippen molar-refractivity contribution in [1.82, 2.24) is 20.1 Å². The summed E-state index contributed by atoms with van der Waals surface area (Å²) < 4.78 is 12.2. The average molecular weight is 623 g/mol. The molecule has 3 amide bonds. The molecule has 5 heterocycles. The van der Waals surface area contributed by atoms with Crippen LogP contribution in [0.4, 0.5) is 0 Å². The third-order valence-corrected chi connectivity index (χ3v) is 11.3. The molecular formula is C31H35N4O6PS. The molecule has 0 spiro atoms. The molecule has 12 heteroatoms. The zero-order valence-electron chi connectivity index (χ0n) is 23.7. The Labute approximate surface area is 253 Å². The number of carbonyl (C=O) groups is 3. The molecule has 10 nitrogen and oxygen atoms in total. The highest BCUT2D eigenvalue weighted by Crippen LogP contribution is 2.45. The van der Waals surface area contributed by atoms with Crippen LogP contribution in [0.25, 0.3) is 10.1 Å². The lowest BCUT2D eigenvalue weighted by Gasteiger charge is -2.43. The van der Waals surface area contributed by atoms with Crippen LogP contribution in [0.5, 0.6) is 0 Å². The van der Waals surface area contributed by atoms with Crippen molar-refractivity contribution in [3.63, 3.8) is 0 Å². The average Bonchev–Trinajstić information content (AvgIpc) is 3.59. The second-order valence-corrected chi connectivity index (χ2v) is 15.2. The van der Waals surface area contributed by atoms with Gasteiger partial charge in [0.05, 0.1) is 11.0 Å². The first kappa shape index (κ1) is 28.6. The summed E-state index contributed by atoms with van der Waals surface area (Å²) in [6.45, 7) is 1.30. The lowest BCUT2D eigenvalue weighted by atomic mass is 9.87. The summed E-state index contributed by atoms with van der Waals surface area (Å²) in [6.07, 6.45) is 9.43. The fourth-order valence-electron chi connectivity index (χ4n) is 7.10. The number of nitrogens with zero attached hydrogens (tertiary/aromatic N) is 3. The van der Waals surface area contributed by atoms with E-state index in [-0.39, 0.29) is 35.8 Å². The topological polar surface area (TPSA) is 140 Å². The van der Waals surface area contributed by atoms with Gasteiger partial charge in [-0.25, -0.2) is 0 Å². The number of amides is 3. The van der Waals surface area contributed by atoms with Gasteiger partial charge in [0.15, 0.2) is 0 Å². The molecule has 226 valence electrons. The van der Waals surface area contributed by atoms with Crippen molar-refractivity contribution in [2.24, 2.45) is 0 Å². The number of hydrogen-bond acceptors (Lipinski definition) is 6. The van der Waals surface area contributed by atoms with Gasteiger partial charge in [0.2, 0.25) is 11.8 Å². The van der Waals surface area contributed by atoms with Gasteiger partial charge in [0.1, 0.15) is 12.1 Å². The number of fused-ring (bicyclic) bond motifs is 2. The molecule has 1 aromatic carbocycles. The van der Waals surface area contributed by atoms with Gasteiger partial charge < -0.3 is 24.9 Å². The van der Waals surface area contributed by atoms with Crippen molar-refractivity contribution in [2.75, 3.05) is 13.1 Å². The first-order valence-electron chi connectivity index (χ1n) is 15.1. The first-order chi connectivity index (χ1) is 20.6. The van der Waals surface area contributed by atoms with Gasteiger partial charge in [0.25, 0.3) is 5.91 Å². The van der Waals surface area contributed by atoms with Gasteiger partial charge in [-0.2, -0.15) is 0 Å². The van der Waals surface area contributed by atoms with Crippen molar-refractivity contribution >= 4 is 46.7 Å². The second-order valence-electron chi connectivity index (χ2n) is 12.5. The minimum Gasteiger partial charge on any atom is -0.340 e. The molecule has 0 unspecified atom stereocenters. The number of likely N-dealkylation sites (tertiary alicyclic amines) is 1. The maximum absolute atomic E-state index is 13.9. The number of rotatable bonds is 7. The van der Waals surface area contributed by atoms with E-state index < -0.39 is 19.7 Å². The first-order valence-corrected chi connectivity index (χ1v) is 17.7. The number of carbonyl (C=O) groups excluding carboxylic acids is 3. The number of pyridine rings is 1. The van der Waals surface area contributed by atoms with E-state index >= 15 is 0 Å². The Balaban J connectivity index is 1.02. The van der Waals surface area contributed by atoms with Gasteiger partial charge in [-0.15, -0.1) is 11.3 Å². The molecule has 43 heavy (non-hydrogen) atoms. The molecule has 3 saturated heterocycles. The van der Waals surface area contributed by atoms with Crippen molar-refractivity contribution in [3.8, 4) is 0 Å². The molecule has 7 rings (SSSR count). The van der Waals surface area contributed by atoms with Crippen LogP contribution in [0.3, 0.4) is 0 Å². The highest BCUT2D eigenvalue weighted by atomic mass is 32.1. The normalized spacial score (nSPS) is 24.5. The van der Waals surface area contributed by atoms with Crippen molar-refractivity contribution < 1.29 is 28.7 Å². The number of benzene rings is 1. The minimum absolute atomic E-state index is 0.00607. The van der Waals surface area contributed by atoms with E-state index in [0.29, 0.717) is 42.3 Å². The standard InChI is InChI=1S/C31H35N4O6PS/c36-29(28-13-20-12-18(17-42(39,40)41)4-9-27(20)43-28)33-25-3-1-2-22-7-8-26(35(22)30(25)37)31(38)34-15-21(16-34)24-14-32-11-10-23(24)19-5-6-19/h4,9-14,19,21-22,25-26H,1-3,5-8,15-17H2,(H,33,36)(H2,39,40,41)/t22-,25-,26-/m0/s1. The van der Waals surface area contributed by atoms with Crippen LogP contribution in [0.15, 0.2) is 42.7 Å². The van der Waals surface area contributed by atoms with Crippen LogP contribution >= 0.6 is 18.9 Å². The molecular weight excluding hydrogens is 587 g/mol. The third kappa shape index (κ3) is 5.76. The van der Waals surface area contributed by atoms with Crippen LogP contribution in [0.1, 0.15) is 83.1 Å². The second kappa shape index (κ2) is 11.1. The Bertz CT molecular complexity index is 1640. The third-order valence-electron chi connectivity index (χ3n) is 9.41. The Morgan fingerprint density at radius 3 is 2.58 bits per heavy atom. The summed E-state index contributed by atoms with van der Waals surface area (Å²) in [5.41, 5.74) is 3.12. The molecule has 1 saturated carbocycles. The summed E-state index contributed by atoms with van der Waals surface area (Å²) in [6, 6.07) is 7.72. The fourth-order valence-corrected chi connectivity index (χ4v) is 8.72. The molecule has 1 aliphatic carbocycles.